The second-order valence-corrected chi connectivity index (χ2v) is 6.22. The van der Waals surface area contributed by atoms with Crippen LogP contribution in [0.25, 0.3) is 0 Å². The largest absolute Gasteiger partial charge is 0.336 e. The molecule has 0 aromatic carbocycles. The fraction of sp³-hybridized carbons (Fsp3) is 0.923. The zero-order chi connectivity index (χ0) is 12.5. The molecule has 3 atom stereocenters. The van der Waals surface area contributed by atoms with Gasteiger partial charge in [0.15, 0.2) is 0 Å². The molecular formula is C13H26N2O. The SMILES string of the molecule is CC1CCCC(C)N1C(=O)[C@H](N)C(C)(C)C. The van der Waals surface area contributed by atoms with E-state index in [1.807, 2.05) is 25.7 Å². The van der Waals surface area contributed by atoms with Gasteiger partial charge in [-0.1, -0.05) is 20.8 Å². The van der Waals surface area contributed by atoms with Crippen LogP contribution in [0.5, 0.6) is 0 Å². The van der Waals surface area contributed by atoms with Gasteiger partial charge >= 0.3 is 0 Å². The maximum atomic E-state index is 12.4. The quantitative estimate of drug-likeness (QED) is 0.744. The number of amides is 1. The molecule has 1 rings (SSSR count). The highest BCUT2D eigenvalue weighted by Gasteiger charge is 2.36. The zero-order valence-electron chi connectivity index (χ0n) is 11.3. The van der Waals surface area contributed by atoms with Gasteiger partial charge in [-0.3, -0.25) is 4.79 Å². The summed E-state index contributed by atoms with van der Waals surface area (Å²) in [6.07, 6.45) is 3.43. The Hall–Kier alpha value is -0.570. The third kappa shape index (κ3) is 2.76. The monoisotopic (exact) mass is 226 g/mol. The van der Waals surface area contributed by atoms with Crippen LogP contribution < -0.4 is 5.73 Å². The smallest absolute Gasteiger partial charge is 0.240 e. The van der Waals surface area contributed by atoms with Crippen LogP contribution in [0.2, 0.25) is 0 Å². The van der Waals surface area contributed by atoms with Gasteiger partial charge in [0.1, 0.15) is 0 Å². The first-order valence-electron chi connectivity index (χ1n) is 6.33. The van der Waals surface area contributed by atoms with E-state index in [1.54, 1.807) is 0 Å². The highest BCUT2D eigenvalue weighted by atomic mass is 16.2. The molecular weight excluding hydrogens is 200 g/mol. The molecule has 2 N–H and O–H groups in total. The molecule has 1 aliphatic rings. The normalized spacial score (nSPS) is 29.0. The van der Waals surface area contributed by atoms with Gasteiger partial charge in [0.2, 0.25) is 5.91 Å². The summed E-state index contributed by atoms with van der Waals surface area (Å²) in [5, 5.41) is 0. The first-order chi connectivity index (χ1) is 7.25. The predicted molar refractivity (Wildman–Crippen MR) is 67.1 cm³/mol. The predicted octanol–water partition coefficient (Wildman–Crippen LogP) is 2.15. The summed E-state index contributed by atoms with van der Waals surface area (Å²) in [5.74, 6) is 0.118. The molecule has 0 spiro atoms. The number of piperidine rings is 1. The summed E-state index contributed by atoms with van der Waals surface area (Å²) in [6.45, 7) is 10.3. The second-order valence-electron chi connectivity index (χ2n) is 6.22. The first-order valence-corrected chi connectivity index (χ1v) is 6.33. The molecule has 3 nitrogen and oxygen atoms in total. The average Bonchev–Trinajstić information content (AvgIpc) is 2.14. The van der Waals surface area contributed by atoms with E-state index < -0.39 is 6.04 Å². The third-order valence-electron chi connectivity index (χ3n) is 3.65. The van der Waals surface area contributed by atoms with Crippen molar-refractivity contribution >= 4 is 5.91 Å². The Balaban J connectivity index is 2.79. The molecule has 2 unspecified atom stereocenters. The van der Waals surface area contributed by atoms with Gasteiger partial charge < -0.3 is 10.6 Å². The van der Waals surface area contributed by atoms with E-state index in [4.69, 9.17) is 5.73 Å². The Morgan fingerprint density at radius 1 is 1.25 bits per heavy atom. The lowest BCUT2D eigenvalue weighted by Crippen LogP contribution is -2.56. The summed E-state index contributed by atoms with van der Waals surface area (Å²) in [5.41, 5.74) is 5.90. The molecule has 0 radical (unpaired) electrons. The fourth-order valence-electron chi connectivity index (χ4n) is 2.39. The zero-order valence-corrected chi connectivity index (χ0v) is 11.3. The molecule has 0 aromatic heterocycles. The minimum absolute atomic E-state index is 0.118. The minimum atomic E-state index is -0.393. The van der Waals surface area contributed by atoms with Crippen LogP contribution in [0.1, 0.15) is 53.9 Å². The van der Waals surface area contributed by atoms with E-state index >= 15 is 0 Å². The van der Waals surface area contributed by atoms with E-state index in [-0.39, 0.29) is 11.3 Å². The number of hydrogen-bond donors (Lipinski definition) is 1. The number of carbonyl (C=O) groups is 1. The van der Waals surface area contributed by atoms with Gasteiger partial charge in [0, 0.05) is 12.1 Å². The van der Waals surface area contributed by atoms with Crippen LogP contribution in [-0.4, -0.2) is 28.9 Å². The number of hydrogen-bond acceptors (Lipinski definition) is 2. The number of nitrogens with zero attached hydrogens (tertiary/aromatic N) is 1. The van der Waals surface area contributed by atoms with Crippen molar-refractivity contribution in [2.45, 2.75) is 72.0 Å². The lowest BCUT2D eigenvalue weighted by Gasteiger charge is -2.42. The van der Waals surface area contributed by atoms with Gasteiger partial charge in [-0.15, -0.1) is 0 Å². The Morgan fingerprint density at radius 2 is 1.69 bits per heavy atom. The number of carbonyl (C=O) groups excluding carboxylic acids is 1. The first kappa shape index (κ1) is 13.5. The summed E-state index contributed by atoms with van der Waals surface area (Å²) in [6, 6.07) is 0.282. The molecule has 1 fully saturated rings. The van der Waals surface area contributed by atoms with E-state index in [1.165, 1.54) is 6.42 Å². The van der Waals surface area contributed by atoms with Gasteiger partial charge in [-0.2, -0.15) is 0 Å². The van der Waals surface area contributed by atoms with Crippen molar-refractivity contribution in [1.29, 1.82) is 0 Å². The molecule has 1 saturated heterocycles. The Bertz CT molecular complexity index is 247. The maximum absolute atomic E-state index is 12.4. The second kappa shape index (κ2) is 4.74. The van der Waals surface area contributed by atoms with Crippen molar-refractivity contribution in [3.05, 3.63) is 0 Å². The molecule has 0 aliphatic carbocycles. The molecule has 1 aliphatic heterocycles. The van der Waals surface area contributed by atoms with Gasteiger partial charge in [-0.05, 0) is 38.5 Å². The molecule has 1 amide bonds. The van der Waals surface area contributed by atoms with Crippen molar-refractivity contribution in [3.8, 4) is 0 Å². The van der Waals surface area contributed by atoms with Crippen LogP contribution in [-0.2, 0) is 4.79 Å². The molecule has 94 valence electrons. The van der Waals surface area contributed by atoms with Crippen LogP contribution in [0, 0.1) is 5.41 Å². The fourth-order valence-corrected chi connectivity index (χ4v) is 2.39. The van der Waals surface area contributed by atoms with Crippen molar-refractivity contribution in [3.63, 3.8) is 0 Å². The van der Waals surface area contributed by atoms with Crippen molar-refractivity contribution < 1.29 is 4.79 Å². The van der Waals surface area contributed by atoms with Gasteiger partial charge in [0.25, 0.3) is 0 Å². The molecule has 3 heteroatoms. The number of nitrogens with two attached hydrogens (primary N) is 1. The molecule has 16 heavy (non-hydrogen) atoms. The highest BCUT2D eigenvalue weighted by Crippen LogP contribution is 2.26. The summed E-state index contributed by atoms with van der Waals surface area (Å²) < 4.78 is 0. The van der Waals surface area contributed by atoms with Crippen LogP contribution in [0.15, 0.2) is 0 Å². The van der Waals surface area contributed by atoms with Gasteiger partial charge in [0.05, 0.1) is 6.04 Å². The maximum Gasteiger partial charge on any atom is 0.240 e. The number of likely N-dealkylation sites (tertiary alicyclic amines) is 1. The van der Waals surface area contributed by atoms with Crippen LogP contribution in [0.4, 0.5) is 0 Å². The molecule has 1 heterocycles. The third-order valence-corrected chi connectivity index (χ3v) is 3.65. The Labute approximate surface area is 99.4 Å². The number of rotatable bonds is 1. The lowest BCUT2D eigenvalue weighted by molar-refractivity contribution is -0.141. The van der Waals surface area contributed by atoms with Gasteiger partial charge in [-0.25, -0.2) is 0 Å². The van der Waals surface area contributed by atoms with Crippen LogP contribution in [0.3, 0.4) is 0 Å². The molecule has 0 aromatic rings. The molecule has 0 saturated carbocycles. The van der Waals surface area contributed by atoms with E-state index in [2.05, 4.69) is 13.8 Å². The average molecular weight is 226 g/mol. The highest BCUT2D eigenvalue weighted by molar-refractivity contribution is 5.83. The standard InChI is InChI=1S/C13H26N2O/c1-9-7-6-8-10(2)15(9)12(16)11(14)13(3,4)5/h9-11H,6-8,14H2,1-5H3/t9?,10?,11-/m0/s1. The summed E-state index contributed by atoms with van der Waals surface area (Å²) in [7, 11) is 0. The van der Waals surface area contributed by atoms with E-state index in [0.29, 0.717) is 12.1 Å². The summed E-state index contributed by atoms with van der Waals surface area (Å²) >= 11 is 0. The topological polar surface area (TPSA) is 46.3 Å². The minimum Gasteiger partial charge on any atom is -0.336 e. The summed E-state index contributed by atoms with van der Waals surface area (Å²) in [4.78, 5) is 14.4. The van der Waals surface area contributed by atoms with Crippen molar-refractivity contribution in [1.82, 2.24) is 4.90 Å². The van der Waals surface area contributed by atoms with E-state index in [9.17, 15) is 4.79 Å². The van der Waals surface area contributed by atoms with Crippen molar-refractivity contribution in [2.75, 3.05) is 0 Å². The Kier molecular flexibility index (Phi) is 4.00. The van der Waals surface area contributed by atoms with Crippen molar-refractivity contribution in [2.24, 2.45) is 11.1 Å². The Morgan fingerprint density at radius 3 is 2.06 bits per heavy atom. The van der Waals surface area contributed by atoms with E-state index in [0.717, 1.165) is 12.8 Å². The molecule has 0 bridgehead atoms. The van der Waals surface area contributed by atoms with Crippen LogP contribution >= 0.6 is 0 Å². The lowest BCUT2D eigenvalue weighted by atomic mass is 9.85.